The molecule has 1 aromatic heterocycles. The van der Waals surface area contributed by atoms with E-state index in [4.69, 9.17) is 11.6 Å². The molecular formula is C13H14ClFN2O2. The number of carbonyl (C=O) groups is 1. The molecule has 1 unspecified atom stereocenters. The van der Waals surface area contributed by atoms with E-state index in [0.717, 1.165) is 10.9 Å². The van der Waals surface area contributed by atoms with Crippen LogP contribution in [0.25, 0.3) is 10.9 Å². The highest BCUT2D eigenvalue weighted by Crippen LogP contribution is 2.20. The van der Waals surface area contributed by atoms with Gasteiger partial charge in [-0.1, -0.05) is 0 Å². The fourth-order valence-corrected chi connectivity index (χ4v) is 2.10. The number of halogens is 2. The maximum absolute atomic E-state index is 13.1. The molecule has 102 valence electrons. The molecular weight excluding hydrogens is 271 g/mol. The Morgan fingerprint density at radius 1 is 1.53 bits per heavy atom. The molecule has 0 aliphatic rings. The number of amides is 1. The Labute approximate surface area is 114 Å². The number of fused-ring (bicyclic) bond motifs is 1. The molecule has 1 aromatic carbocycles. The molecule has 19 heavy (non-hydrogen) atoms. The summed E-state index contributed by atoms with van der Waals surface area (Å²) in [5.74, 6) is -0.781. The van der Waals surface area contributed by atoms with Crippen LogP contribution in [0.15, 0.2) is 24.4 Å². The lowest BCUT2D eigenvalue weighted by atomic mass is 10.1. The van der Waals surface area contributed by atoms with Crippen LogP contribution in [0.3, 0.4) is 0 Å². The molecule has 0 saturated heterocycles. The van der Waals surface area contributed by atoms with E-state index in [2.05, 4.69) is 10.3 Å². The summed E-state index contributed by atoms with van der Waals surface area (Å²) in [6.07, 6.45) is 2.20. The summed E-state index contributed by atoms with van der Waals surface area (Å²) in [5, 5.41) is 12.8. The van der Waals surface area contributed by atoms with Crippen LogP contribution in [-0.2, 0) is 11.2 Å². The molecule has 0 bridgehead atoms. The van der Waals surface area contributed by atoms with Gasteiger partial charge in [0, 0.05) is 17.1 Å². The van der Waals surface area contributed by atoms with Crippen LogP contribution in [0.1, 0.15) is 5.56 Å². The highest BCUT2D eigenvalue weighted by molar-refractivity contribution is 6.27. The van der Waals surface area contributed by atoms with E-state index in [-0.39, 0.29) is 24.2 Å². The lowest BCUT2D eigenvalue weighted by Crippen LogP contribution is -2.39. The monoisotopic (exact) mass is 284 g/mol. The number of aliphatic hydroxyl groups is 1. The second kappa shape index (κ2) is 6.04. The van der Waals surface area contributed by atoms with Crippen molar-refractivity contribution in [1.82, 2.24) is 10.3 Å². The topological polar surface area (TPSA) is 65.1 Å². The van der Waals surface area contributed by atoms with Crippen molar-refractivity contribution in [2.75, 3.05) is 12.5 Å². The molecule has 0 aliphatic carbocycles. The van der Waals surface area contributed by atoms with Crippen molar-refractivity contribution in [3.05, 3.63) is 35.8 Å². The number of aliphatic hydroxyl groups excluding tert-OH is 1. The van der Waals surface area contributed by atoms with E-state index >= 15 is 0 Å². The molecule has 6 heteroatoms. The Bertz CT molecular complexity index is 585. The molecule has 1 amide bonds. The molecule has 0 radical (unpaired) electrons. The minimum Gasteiger partial charge on any atom is -0.394 e. The van der Waals surface area contributed by atoms with Gasteiger partial charge < -0.3 is 15.4 Å². The third-order valence-electron chi connectivity index (χ3n) is 2.90. The van der Waals surface area contributed by atoms with E-state index in [1.165, 1.54) is 12.1 Å². The summed E-state index contributed by atoms with van der Waals surface area (Å²) < 4.78 is 13.1. The highest BCUT2D eigenvalue weighted by atomic mass is 35.5. The van der Waals surface area contributed by atoms with Crippen LogP contribution < -0.4 is 5.32 Å². The van der Waals surface area contributed by atoms with Gasteiger partial charge in [0.1, 0.15) is 11.7 Å². The molecule has 0 spiro atoms. The maximum atomic E-state index is 13.1. The minimum atomic E-state index is -0.407. The first-order valence-corrected chi connectivity index (χ1v) is 6.39. The number of benzene rings is 1. The normalized spacial score (nSPS) is 12.6. The highest BCUT2D eigenvalue weighted by Gasteiger charge is 2.14. The number of aromatic amines is 1. The predicted octanol–water partition coefficient (Wildman–Crippen LogP) is 1.57. The van der Waals surface area contributed by atoms with Crippen LogP contribution in [0.4, 0.5) is 4.39 Å². The summed E-state index contributed by atoms with van der Waals surface area (Å²) in [7, 11) is 0. The van der Waals surface area contributed by atoms with Crippen LogP contribution >= 0.6 is 11.6 Å². The van der Waals surface area contributed by atoms with Crippen molar-refractivity contribution in [1.29, 1.82) is 0 Å². The van der Waals surface area contributed by atoms with E-state index in [0.29, 0.717) is 11.9 Å². The van der Waals surface area contributed by atoms with E-state index in [1.807, 2.05) is 0 Å². The third kappa shape index (κ3) is 3.24. The van der Waals surface area contributed by atoms with Gasteiger partial charge in [-0.2, -0.15) is 0 Å². The van der Waals surface area contributed by atoms with E-state index in [1.54, 1.807) is 12.3 Å². The van der Waals surface area contributed by atoms with Gasteiger partial charge in [0.15, 0.2) is 0 Å². The molecule has 2 rings (SSSR count). The van der Waals surface area contributed by atoms with E-state index in [9.17, 15) is 14.3 Å². The van der Waals surface area contributed by atoms with Crippen LogP contribution in [0, 0.1) is 5.82 Å². The second-order valence-electron chi connectivity index (χ2n) is 4.29. The van der Waals surface area contributed by atoms with Crippen molar-refractivity contribution >= 4 is 28.4 Å². The summed E-state index contributed by atoms with van der Waals surface area (Å²) >= 11 is 5.41. The largest absolute Gasteiger partial charge is 0.394 e. The summed E-state index contributed by atoms with van der Waals surface area (Å²) in [6.45, 7) is -0.184. The number of hydrogen-bond donors (Lipinski definition) is 3. The van der Waals surface area contributed by atoms with Gasteiger partial charge in [0.2, 0.25) is 5.91 Å². The lowest BCUT2D eigenvalue weighted by molar-refractivity contribution is -0.119. The van der Waals surface area contributed by atoms with Gasteiger partial charge in [-0.05, 0) is 30.2 Å². The van der Waals surface area contributed by atoms with Crippen molar-refractivity contribution in [3.8, 4) is 0 Å². The predicted molar refractivity (Wildman–Crippen MR) is 71.7 cm³/mol. The maximum Gasteiger partial charge on any atom is 0.235 e. The molecule has 2 aromatic rings. The zero-order valence-electron chi connectivity index (χ0n) is 10.1. The van der Waals surface area contributed by atoms with Crippen LogP contribution in [-0.4, -0.2) is 34.5 Å². The Morgan fingerprint density at radius 3 is 3.00 bits per heavy atom. The third-order valence-corrected chi connectivity index (χ3v) is 3.15. The first kappa shape index (κ1) is 13.8. The molecule has 4 nitrogen and oxygen atoms in total. The second-order valence-corrected chi connectivity index (χ2v) is 4.56. The molecule has 3 N–H and O–H groups in total. The van der Waals surface area contributed by atoms with Gasteiger partial charge in [0.25, 0.3) is 0 Å². The van der Waals surface area contributed by atoms with Gasteiger partial charge in [-0.3, -0.25) is 4.79 Å². The number of H-pyrrole nitrogens is 1. The van der Waals surface area contributed by atoms with Gasteiger partial charge in [0.05, 0.1) is 12.6 Å². The van der Waals surface area contributed by atoms with Crippen molar-refractivity contribution in [3.63, 3.8) is 0 Å². The lowest BCUT2D eigenvalue weighted by Gasteiger charge is -2.15. The average molecular weight is 285 g/mol. The van der Waals surface area contributed by atoms with Crippen LogP contribution in [0.5, 0.6) is 0 Å². The van der Waals surface area contributed by atoms with Gasteiger partial charge in [-0.25, -0.2) is 4.39 Å². The standard InChI is InChI=1S/C13H14ClFN2O2/c14-5-13(19)17-10(7-18)3-8-6-16-12-4-9(15)1-2-11(8)12/h1-2,4,6,10,16,18H,3,5,7H2,(H,17,19). The molecule has 1 heterocycles. The Kier molecular flexibility index (Phi) is 4.39. The summed E-state index contributed by atoms with van der Waals surface area (Å²) in [5.41, 5.74) is 1.60. The molecule has 0 fully saturated rings. The van der Waals surface area contributed by atoms with Crippen LogP contribution in [0.2, 0.25) is 0 Å². The quantitative estimate of drug-likeness (QED) is 0.730. The fourth-order valence-electron chi connectivity index (χ4n) is 2.02. The molecule has 1 atom stereocenters. The van der Waals surface area contributed by atoms with Crippen molar-refractivity contribution in [2.45, 2.75) is 12.5 Å². The first-order valence-electron chi connectivity index (χ1n) is 5.85. The summed E-state index contributed by atoms with van der Waals surface area (Å²) in [4.78, 5) is 14.2. The number of rotatable bonds is 5. The average Bonchev–Trinajstić information content (AvgIpc) is 2.79. The Morgan fingerprint density at radius 2 is 2.32 bits per heavy atom. The van der Waals surface area contributed by atoms with Gasteiger partial charge >= 0.3 is 0 Å². The van der Waals surface area contributed by atoms with Crippen molar-refractivity contribution < 1.29 is 14.3 Å². The number of aromatic nitrogens is 1. The zero-order valence-corrected chi connectivity index (χ0v) is 10.9. The summed E-state index contributed by atoms with van der Waals surface area (Å²) in [6, 6.07) is 4.05. The van der Waals surface area contributed by atoms with E-state index < -0.39 is 6.04 Å². The van der Waals surface area contributed by atoms with Crippen molar-refractivity contribution in [2.24, 2.45) is 0 Å². The molecule has 0 aliphatic heterocycles. The Balaban J connectivity index is 2.17. The zero-order chi connectivity index (χ0) is 13.8. The number of hydrogen-bond acceptors (Lipinski definition) is 2. The number of alkyl halides is 1. The fraction of sp³-hybridized carbons (Fsp3) is 0.308. The number of nitrogens with one attached hydrogen (secondary N) is 2. The first-order chi connectivity index (χ1) is 9.13. The molecule has 0 saturated carbocycles. The number of carbonyl (C=O) groups excluding carboxylic acids is 1. The van der Waals surface area contributed by atoms with Gasteiger partial charge in [-0.15, -0.1) is 11.6 Å². The minimum absolute atomic E-state index is 0.143. The smallest absolute Gasteiger partial charge is 0.235 e. The Hall–Kier alpha value is -1.59. The SMILES string of the molecule is O=C(CCl)NC(CO)Cc1c[nH]c2cc(F)ccc12.